The second-order valence-electron chi connectivity index (χ2n) is 7.28. The quantitative estimate of drug-likeness (QED) is 0.663. The maximum Gasteiger partial charge on any atom is 0.253 e. The van der Waals surface area contributed by atoms with E-state index < -0.39 is 6.10 Å². The smallest absolute Gasteiger partial charge is 0.253 e. The molecule has 0 radical (unpaired) electrons. The van der Waals surface area contributed by atoms with Crippen molar-refractivity contribution >= 4 is 11.8 Å². The van der Waals surface area contributed by atoms with Crippen molar-refractivity contribution in [2.75, 3.05) is 6.61 Å². The van der Waals surface area contributed by atoms with E-state index in [1.54, 1.807) is 18.3 Å². The first-order valence-electron chi connectivity index (χ1n) is 9.88. The maximum atomic E-state index is 12.4. The number of hydrogen-bond donors (Lipinski definition) is 3. The van der Waals surface area contributed by atoms with Gasteiger partial charge in [0.25, 0.3) is 5.91 Å². The molecule has 2 aromatic rings. The van der Waals surface area contributed by atoms with Gasteiger partial charge in [0.05, 0.1) is 36.8 Å². The van der Waals surface area contributed by atoms with Crippen LogP contribution in [0.1, 0.15) is 48.1 Å². The van der Waals surface area contributed by atoms with Crippen molar-refractivity contribution in [2.24, 2.45) is 0 Å². The van der Waals surface area contributed by atoms with Gasteiger partial charge in [-0.25, -0.2) is 0 Å². The summed E-state index contributed by atoms with van der Waals surface area (Å²) >= 11 is 0. The lowest BCUT2D eigenvalue weighted by Crippen LogP contribution is -2.51. The third-order valence-electron chi connectivity index (χ3n) is 5.13. The Bertz CT molecular complexity index is 800. The van der Waals surface area contributed by atoms with Crippen molar-refractivity contribution in [3.63, 3.8) is 0 Å². The van der Waals surface area contributed by atoms with Crippen LogP contribution in [0.25, 0.3) is 0 Å². The number of rotatable bonds is 7. The molecule has 1 aromatic heterocycles. The number of aromatic nitrogens is 1. The summed E-state index contributed by atoms with van der Waals surface area (Å²) in [6.07, 6.45) is 3.73. The largest absolute Gasteiger partial charge is 0.394 e. The van der Waals surface area contributed by atoms with Gasteiger partial charge in [-0.05, 0) is 37.5 Å². The van der Waals surface area contributed by atoms with Crippen molar-refractivity contribution in [1.29, 1.82) is 0 Å². The zero-order valence-corrected chi connectivity index (χ0v) is 16.5. The van der Waals surface area contributed by atoms with Gasteiger partial charge in [-0.3, -0.25) is 14.6 Å². The van der Waals surface area contributed by atoms with Crippen LogP contribution in [-0.2, 0) is 9.53 Å². The van der Waals surface area contributed by atoms with E-state index in [4.69, 9.17) is 4.74 Å². The molecule has 154 valence electrons. The molecule has 0 spiro atoms. The number of benzene rings is 1. The summed E-state index contributed by atoms with van der Waals surface area (Å²) in [4.78, 5) is 28.7. The molecule has 2 amide bonds. The van der Waals surface area contributed by atoms with E-state index in [-0.39, 0.29) is 43.0 Å². The monoisotopic (exact) mass is 397 g/mol. The van der Waals surface area contributed by atoms with Crippen LogP contribution < -0.4 is 10.6 Å². The van der Waals surface area contributed by atoms with E-state index in [1.165, 1.54) is 6.20 Å². The highest BCUT2D eigenvalue weighted by Crippen LogP contribution is 2.23. The van der Waals surface area contributed by atoms with E-state index in [1.807, 2.05) is 37.3 Å². The van der Waals surface area contributed by atoms with Gasteiger partial charge in [0.1, 0.15) is 6.10 Å². The van der Waals surface area contributed by atoms with Crippen LogP contribution in [0, 0.1) is 0 Å². The van der Waals surface area contributed by atoms with Crippen molar-refractivity contribution in [3.05, 3.63) is 66.0 Å². The fourth-order valence-corrected chi connectivity index (χ4v) is 3.53. The lowest BCUT2D eigenvalue weighted by Gasteiger charge is -2.36. The summed E-state index contributed by atoms with van der Waals surface area (Å²) in [7, 11) is 0. The molecule has 4 atom stereocenters. The Labute approximate surface area is 170 Å². The van der Waals surface area contributed by atoms with Gasteiger partial charge >= 0.3 is 0 Å². The summed E-state index contributed by atoms with van der Waals surface area (Å²) in [6.45, 7) is 1.71. The van der Waals surface area contributed by atoms with E-state index >= 15 is 0 Å². The summed E-state index contributed by atoms with van der Waals surface area (Å²) in [5, 5.41) is 15.6. The Morgan fingerprint density at radius 1 is 1.21 bits per heavy atom. The molecular weight excluding hydrogens is 370 g/mol. The number of hydrogen-bond acceptors (Lipinski definition) is 5. The van der Waals surface area contributed by atoms with Crippen LogP contribution in [0.5, 0.6) is 0 Å². The minimum Gasteiger partial charge on any atom is -0.394 e. The molecule has 1 aliphatic heterocycles. The van der Waals surface area contributed by atoms with Crippen molar-refractivity contribution in [3.8, 4) is 0 Å². The number of aliphatic hydroxyl groups excluding tert-OH is 1. The summed E-state index contributed by atoms with van der Waals surface area (Å²) in [6, 6.07) is 12.7. The van der Waals surface area contributed by atoms with Crippen LogP contribution in [-0.4, -0.2) is 46.8 Å². The number of carbonyl (C=O) groups is 2. The minimum absolute atomic E-state index is 0.0903. The summed E-state index contributed by atoms with van der Waals surface area (Å²) in [5.41, 5.74) is 1.50. The number of carbonyl (C=O) groups excluding carboxylic acids is 2. The van der Waals surface area contributed by atoms with Gasteiger partial charge < -0.3 is 20.5 Å². The van der Waals surface area contributed by atoms with E-state index in [0.717, 1.165) is 5.56 Å². The first kappa shape index (κ1) is 21.0. The Hall–Kier alpha value is -2.77. The van der Waals surface area contributed by atoms with Crippen LogP contribution in [0.15, 0.2) is 54.9 Å². The van der Waals surface area contributed by atoms with Crippen molar-refractivity contribution < 1.29 is 19.4 Å². The second kappa shape index (κ2) is 10.1. The predicted molar refractivity (Wildman–Crippen MR) is 108 cm³/mol. The zero-order valence-electron chi connectivity index (χ0n) is 16.5. The average molecular weight is 397 g/mol. The SMILES string of the molecule is C[C@@H](NC(=O)C[C@H]1CC[C@H](NC(=O)c2cccnc2)[C@H](CO)O1)c1ccccc1. The van der Waals surface area contributed by atoms with E-state index in [2.05, 4.69) is 15.6 Å². The molecule has 3 N–H and O–H groups in total. The van der Waals surface area contributed by atoms with Crippen LogP contribution in [0.4, 0.5) is 0 Å². The topological polar surface area (TPSA) is 101 Å². The lowest BCUT2D eigenvalue weighted by molar-refractivity contribution is -0.131. The highest BCUT2D eigenvalue weighted by atomic mass is 16.5. The Balaban J connectivity index is 1.50. The fraction of sp³-hybridized carbons (Fsp3) is 0.409. The maximum absolute atomic E-state index is 12.4. The number of pyridine rings is 1. The zero-order chi connectivity index (χ0) is 20.6. The third-order valence-corrected chi connectivity index (χ3v) is 5.13. The fourth-order valence-electron chi connectivity index (χ4n) is 3.53. The molecule has 0 unspecified atom stereocenters. The Morgan fingerprint density at radius 2 is 2.00 bits per heavy atom. The van der Waals surface area contributed by atoms with Crippen molar-refractivity contribution in [1.82, 2.24) is 15.6 Å². The second-order valence-corrected chi connectivity index (χ2v) is 7.28. The third kappa shape index (κ3) is 5.85. The highest BCUT2D eigenvalue weighted by molar-refractivity contribution is 5.94. The van der Waals surface area contributed by atoms with Gasteiger partial charge in [-0.1, -0.05) is 30.3 Å². The Morgan fingerprint density at radius 3 is 2.69 bits per heavy atom. The van der Waals surface area contributed by atoms with E-state index in [0.29, 0.717) is 18.4 Å². The first-order chi connectivity index (χ1) is 14.1. The number of nitrogens with one attached hydrogen (secondary N) is 2. The number of amides is 2. The molecular formula is C22H27N3O4. The summed E-state index contributed by atoms with van der Waals surface area (Å²) < 4.78 is 5.90. The molecule has 2 heterocycles. The van der Waals surface area contributed by atoms with Gasteiger partial charge in [-0.2, -0.15) is 0 Å². The molecule has 0 saturated carbocycles. The number of nitrogens with zero attached hydrogens (tertiary/aromatic N) is 1. The van der Waals surface area contributed by atoms with Crippen LogP contribution in [0.3, 0.4) is 0 Å². The highest BCUT2D eigenvalue weighted by Gasteiger charge is 2.33. The van der Waals surface area contributed by atoms with E-state index in [9.17, 15) is 14.7 Å². The first-order valence-corrected chi connectivity index (χ1v) is 9.88. The molecule has 0 aliphatic carbocycles. The predicted octanol–water partition coefficient (Wildman–Crippen LogP) is 1.99. The standard InChI is InChI=1S/C22H27N3O4/c1-15(16-6-3-2-4-7-16)24-21(27)12-18-9-10-19(20(14-26)29-18)25-22(28)17-8-5-11-23-13-17/h2-8,11,13,15,18-20,26H,9-10,12,14H2,1H3,(H,24,27)(H,25,28)/t15-,18-,19+,20+/m1/s1. The minimum atomic E-state index is -0.547. The normalized spacial score (nSPS) is 22.5. The number of aliphatic hydroxyl groups is 1. The van der Waals surface area contributed by atoms with Crippen LogP contribution >= 0.6 is 0 Å². The lowest BCUT2D eigenvalue weighted by atomic mass is 9.96. The molecule has 1 saturated heterocycles. The van der Waals surface area contributed by atoms with Crippen LogP contribution in [0.2, 0.25) is 0 Å². The van der Waals surface area contributed by atoms with Gasteiger partial charge in [0.2, 0.25) is 5.91 Å². The van der Waals surface area contributed by atoms with Gasteiger partial charge in [0.15, 0.2) is 0 Å². The molecule has 1 fully saturated rings. The molecule has 7 heteroatoms. The molecule has 3 rings (SSSR count). The average Bonchev–Trinajstić information content (AvgIpc) is 2.75. The molecule has 0 bridgehead atoms. The number of ether oxygens (including phenoxy) is 1. The Kier molecular flexibility index (Phi) is 7.32. The van der Waals surface area contributed by atoms with Gasteiger partial charge in [0, 0.05) is 12.4 Å². The van der Waals surface area contributed by atoms with Gasteiger partial charge in [-0.15, -0.1) is 0 Å². The molecule has 7 nitrogen and oxygen atoms in total. The molecule has 1 aliphatic rings. The summed E-state index contributed by atoms with van der Waals surface area (Å²) in [5.74, 6) is -0.348. The molecule has 1 aromatic carbocycles. The molecule has 29 heavy (non-hydrogen) atoms. The van der Waals surface area contributed by atoms with Crippen molar-refractivity contribution in [2.45, 2.75) is 50.5 Å².